The summed E-state index contributed by atoms with van der Waals surface area (Å²) in [4.78, 5) is 9.20. The first-order chi connectivity index (χ1) is 11.0. The van der Waals surface area contributed by atoms with E-state index in [-0.39, 0.29) is 11.8 Å². The van der Waals surface area contributed by atoms with E-state index < -0.39 is 0 Å². The third kappa shape index (κ3) is 3.24. The first kappa shape index (κ1) is 15.2. The monoisotopic (exact) mass is 308 g/mol. The first-order valence-electron chi connectivity index (χ1n) is 7.61. The van der Waals surface area contributed by atoms with Crippen LogP contribution in [0.15, 0.2) is 42.5 Å². The Morgan fingerprint density at radius 2 is 1.96 bits per heavy atom. The lowest BCUT2D eigenvalue weighted by Gasteiger charge is -2.13. The van der Waals surface area contributed by atoms with Gasteiger partial charge in [-0.15, -0.1) is 0 Å². The van der Waals surface area contributed by atoms with Gasteiger partial charge < -0.3 is 16.2 Å². The van der Waals surface area contributed by atoms with Crippen molar-refractivity contribution in [3.63, 3.8) is 0 Å². The topological polar surface area (TPSA) is 84.1 Å². The average molecular weight is 308 g/mol. The van der Waals surface area contributed by atoms with E-state index in [1.54, 1.807) is 6.07 Å². The number of para-hydroxylation sites is 1. The molecule has 1 aromatic heterocycles. The third-order valence-electron chi connectivity index (χ3n) is 3.59. The summed E-state index contributed by atoms with van der Waals surface area (Å²) in [6.07, 6.45) is 0. The van der Waals surface area contributed by atoms with Crippen molar-refractivity contribution in [1.29, 1.82) is 0 Å². The molecule has 23 heavy (non-hydrogen) atoms. The lowest BCUT2D eigenvalue weighted by molar-refractivity contribution is 0.477. The molecule has 0 aliphatic rings. The number of aromatic nitrogens is 2. The second-order valence-corrected chi connectivity index (χ2v) is 5.79. The number of nitrogens with two attached hydrogens (primary N) is 1. The van der Waals surface area contributed by atoms with Gasteiger partial charge in [0.1, 0.15) is 11.6 Å². The molecule has 0 unspecified atom stereocenters. The van der Waals surface area contributed by atoms with Crippen molar-refractivity contribution in [2.75, 3.05) is 11.9 Å². The average Bonchev–Trinajstić information content (AvgIpc) is 2.54. The summed E-state index contributed by atoms with van der Waals surface area (Å²) in [5, 5.41) is 14.4. The predicted octanol–water partition coefficient (Wildman–Crippen LogP) is 3.07. The number of phenols is 1. The van der Waals surface area contributed by atoms with Gasteiger partial charge in [0.15, 0.2) is 5.82 Å². The van der Waals surface area contributed by atoms with Crippen LogP contribution in [0, 0.1) is 6.92 Å². The number of rotatable bonds is 4. The van der Waals surface area contributed by atoms with E-state index >= 15 is 0 Å². The quantitative estimate of drug-likeness (QED) is 0.690. The molecular formula is C18H20N4O. The predicted molar refractivity (Wildman–Crippen MR) is 93.5 cm³/mol. The fourth-order valence-corrected chi connectivity index (χ4v) is 2.42. The smallest absolute Gasteiger partial charge is 0.165 e. The number of aryl methyl sites for hydroxylation is 1. The molecule has 0 aliphatic carbocycles. The number of hydrogen-bond acceptors (Lipinski definition) is 5. The summed E-state index contributed by atoms with van der Waals surface area (Å²) >= 11 is 0. The summed E-state index contributed by atoms with van der Waals surface area (Å²) in [5.41, 5.74) is 8.32. The Balaban J connectivity index is 2.16. The molecule has 0 saturated carbocycles. The van der Waals surface area contributed by atoms with Crippen molar-refractivity contribution >= 4 is 16.7 Å². The molecule has 1 atom stereocenters. The van der Waals surface area contributed by atoms with Gasteiger partial charge in [0.05, 0.1) is 11.1 Å². The molecule has 0 spiro atoms. The molecule has 0 fully saturated rings. The van der Waals surface area contributed by atoms with Crippen molar-refractivity contribution in [2.24, 2.45) is 5.73 Å². The molecule has 0 bridgehead atoms. The van der Waals surface area contributed by atoms with Crippen molar-refractivity contribution in [3.8, 4) is 17.1 Å². The van der Waals surface area contributed by atoms with Crippen LogP contribution in [0.25, 0.3) is 22.3 Å². The van der Waals surface area contributed by atoms with Crippen LogP contribution in [0.4, 0.5) is 5.82 Å². The maximum absolute atomic E-state index is 10.1. The minimum atomic E-state index is 0.0135. The molecule has 0 saturated heterocycles. The molecule has 3 aromatic rings. The molecule has 5 nitrogen and oxygen atoms in total. The highest BCUT2D eigenvalue weighted by Crippen LogP contribution is 2.30. The summed E-state index contributed by atoms with van der Waals surface area (Å²) in [7, 11) is 0. The van der Waals surface area contributed by atoms with Gasteiger partial charge in [-0.3, -0.25) is 0 Å². The van der Waals surface area contributed by atoms with Crippen LogP contribution in [0.2, 0.25) is 0 Å². The van der Waals surface area contributed by atoms with Crippen molar-refractivity contribution < 1.29 is 5.11 Å². The van der Waals surface area contributed by atoms with Crippen LogP contribution in [0.1, 0.15) is 12.5 Å². The number of phenolic OH excluding ortho intramolecular Hbond substituents is 1. The number of anilines is 1. The summed E-state index contributed by atoms with van der Waals surface area (Å²) < 4.78 is 0. The fourth-order valence-electron chi connectivity index (χ4n) is 2.42. The van der Waals surface area contributed by atoms with Gasteiger partial charge in [-0.2, -0.15) is 0 Å². The molecule has 118 valence electrons. The standard InChI is InChI=1S/C18H20N4O/c1-11-7-8-16(23)14(9-11)18-21-15-6-4-3-5-13(15)17(22-18)20-10-12(2)19/h3-9,12,23H,10,19H2,1-2H3,(H,20,21,22)/t12-/m1/s1. The molecule has 4 N–H and O–H groups in total. The Morgan fingerprint density at radius 1 is 1.17 bits per heavy atom. The molecule has 5 heteroatoms. The highest BCUT2D eigenvalue weighted by molar-refractivity contribution is 5.90. The van der Waals surface area contributed by atoms with Gasteiger partial charge in [-0.25, -0.2) is 9.97 Å². The minimum absolute atomic E-state index is 0.0135. The number of aromatic hydroxyl groups is 1. The minimum Gasteiger partial charge on any atom is -0.507 e. The number of fused-ring (bicyclic) bond motifs is 1. The van der Waals surface area contributed by atoms with Crippen LogP contribution < -0.4 is 11.1 Å². The number of nitrogens with one attached hydrogen (secondary N) is 1. The Morgan fingerprint density at radius 3 is 2.74 bits per heavy atom. The summed E-state index contributed by atoms with van der Waals surface area (Å²) in [5.74, 6) is 1.39. The van der Waals surface area contributed by atoms with E-state index in [2.05, 4.69) is 15.3 Å². The van der Waals surface area contributed by atoms with Crippen molar-refractivity contribution in [1.82, 2.24) is 9.97 Å². The maximum atomic E-state index is 10.1. The van der Waals surface area contributed by atoms with Crippen LogP contribution >= 0.6 is 0 Å². The maximum Gasteiger partial charge on any atom is 0.165 e. The third-order valence-corrected chi connectivity index (χ3v) is 3.59. The highest BCUT2D eigenvalue weighted by Gasteiger charge is 2.12. The van der Waals surface area contributed by atoms with E-state index in [1.807, 2.05) is 50.2 Å². The molecule has 2 aromatic carbocycles. The van der Waals surface area contributed by atoms with Gasteiger partial charge in [-0.1, -0.05) is 23.8 Å². The first-order valence-corrected chi connectivity index (χ1v) is 7.61. The van der Waals surface area contributed by atoms with Crippen LogP contribution in [-0.2, 0) is 0 Å². The second-order valence-electron chi connectivity index (χ2n) is 5.79. The van der Waals surface area contributed by atoms with Crippen LogP contribution in [0.3, 0.4) is 0 Å². The molecule has 0 amide bonds. The Kier molecular flexibility index (Phi) is 4.12. The zero-order valence-corrected chi connectivity index (χ0v) is 13.2. The second kappa shape index (κ2) is 6.22. The normalized spacial score (nSPS) is 12.3. The molecule has 3 rings (SSSR count). The Labute approximate surface area is 135 Å². The van der Waals surface area contributed by atoms with Gasteiger partial charge in [0.2, 0.25) is 0 Å². The van der Waals surface area contributed by atoms with Gasteiger partial charge in [0.25, 0.3) is 0 Å². The summed E-state index contributed by atoms with van der Waals surface area (Å²) in [6.45, 7) is 4.52. The molecule has 0 aliphatic heterocycles. The van der Waals surface area contributed by atoms with Gasteiger partial charge in [-0.05, 0) is 38.1 Å². The highest BCUT2D eigenvalue weighted by atomic mass is 16.3. The largest absolute Gasteiger partial charge is 0.507 e. The fraction of sp³-hybridized carbons (Fsp3) is 0.222. The lowest BCUT2D eigenvalue weighted by Crippen LogP contribution is -2.25. The molecule has 1 heterocycles. The van der Waals surface area contributed by atoms with E-state index in [1.165, 1.54) is 0 Å². The van der Waals surface area contributed by atoms with E-state index in [9.17, 15) is 5.11 Å². The zero-order valence-electron chi connectivity index (χ0n) is 13.2. The lowest BCUT2D eigenvalue weighted by atomic mass is 10.1. The number of benzene rings is 2. The Bertz CT molecular complexity index is 846. The van der Waals surface area contributed by atoms with Crippen LogP contribution in [-0.4, -0.2) is 27.7 Å². The molecular weight excluding hydrogens is 288 g/mol. The van der Waals surface area contributed by atoms with Crippen LogP contribution in [0.5, 0.6) is 5.75 Å². The Hall–Kier alpha value is -2.66. The van der Waals surface area contributed by atoms with Crippen molar-refractivity contribution in [3.05, 3.63) is 48.0 Å². The summed E-state index contributed by atoms with van der Waals surface area (Å²) in [6, 6.07) is 13.2. The molecule has 0 radical (unpaired) electrons. The van der Waals surface area contributed by atoms with Gasteiger partial charge >= 0.3 is 0 Å². The van der Waals surface area contributed by atoms with E-state index in [4.69, 9.17) is 5.73 Å². The van der Waals surface area contributed by atoms with E-state index in [0.29, 0.717) is 17.9 Å². The van der Waals surface area contributed by atoms with E-state index in [0.717, 1.165) is 22.3 Å². The SMILES string of the molecule is Cc1ccc(O)c(-c2nc(NC[C@@H](C)N)c3ccccc3n2)c1. The van der Waals surface area contributed by atoms with Crippen molar-refractivity contribution in [2.45, 2.75) is 19.9 Å². The zero-order chi connectivity index (χ0) is 16.4. The number of hydrogen-bond donors (Lipinski definition) is 3. The number of nitrogens with zero attached hydrogens (tertiary/aromatic N) is 2. The van der Waals surface area contributed by atoms with Gasteiger partial charge in [0, 0.05) is 18.0 Å².